The lowest BCUT2D eigenvalue weighted by Crippen LogP contribution is -2.20. The maximum Gasteiger partial charge on any atom is 0.0870 e. The van der Waals surface area contributed by atoms with E-state index in [2.05, 4.69) is 45.0 Å². The molecule has 0 aliphatic heterocycles. The molecular formula is C18H23NO. The lowest BCUT2D eigenvalue weighted by atomic mass is 9.87. The number of rotatable bonds is 4. The first-order valence-electron chi connectivity index (χ1n) is 7.04. The highest BCUT2D eigenvalue weighted by molar-refractivity contribution is 5.34. The van der Waals surface area contributed by atoms with E-state index < -0.39 is 6.10 Å². The molecule has 0 aliphatic rings. The van der Waals surface area contributed by atoms with Gasteiger partial charge in [0.2, 0.25) is 0 Å². The summed E-state index contributed by atoms with van der Waals surface area (Å²) in [5.74, 6) is -0.0722. The highest BCUT2D eigenvalue weighted by atomic mass is 16.3. The number of hydrogen-bond acceptors (Lipinski definition) is 2. The van der Waals surface area contributed by atoms with Crippen molar-refractivity contribution in [2.45, 2.75) is 32.8 Å². The van der Waals surface area contributed by atoms with Gasteiger partial charge < -0.3 is 10.8 Å². The quantitative estimate of drug-likeness (QED) is 0.893. The van der Waals surface area contributed by atoms with Crippen LogP contribution in [0.25, 0.3) is 0 Å². The van der Waals surface area contributed by atoms with Gasteiger partial charge in [0.05, 0.1) is 6.10 Å². The van der Waals surface area contributed by atoms with E-state index in [0.29, 0.717) is 6.54 Å². The van der Waals surface area contributed by atoms with Crippen LogP contribution in [0, 0.1) is 20.8 Å². The molecule has 3 N–H and O–H groups in total. The van der Waals surface area contributed by atoms with E-state index in [4.69, 9.17) is 5.73 Å². The third-order valence-electron chi connectivity index (χ3n) is 3.98. The van der Waals surface area contributed by atoms with Gasteiger partial charge in [-0.2, -0.15) is 0 Å². The number of hydrogen-bond donors (Lipinski definition) is 2. The molecule has 2 unspecified atom stereocenters. The van der Waals surface area contributed by atoms with Crippen LogP contribution in [0.3, 0.4) is 0 Å². The Morgan fingerprint density at radius 2 is 1.70 bits per heavy atom. The van der Waals surface area contributed by atoms with E-state index in [1.807, 2.05) is 18.2 Å². The van der Waals surface area contributed by atoms with Gasteiger partial charge in [0, 0.05) is 12.5 Å². The molecule has 0 bridgehead atoms. The summed E-state index contributed by atoms with van der Waals surface area (Å²) in [4.78, 5) is 0. The molecular weight excluding hydrogens is 246 g/mol. The summed E-state index contributed by atoms with van der Waals surface area (Å²) in [7, 11) is 0. The van der Waals surface area contributed by atoms with Gasteiger partial charge in [-0.3, -0.25) is 0 Å². The molecule has 0 aromatic heterocycles. The van der Waals surface area contributed by atoms with E-state index in [1.165, 1.54) is 16.7 Å². The van der Waals surface area contributed by atoms with Crippen LogP contribution < -0.4 is 5.73 Å². The summed E-state index contributed by atoms with van der Waals surface area (Å²) < 4.78 is 0. The fourth-order valence-electron chi connectivity index (χ4n) is 2.53. The van der Waals surface area contributed by atoms with Crippen LogP contribution in [0.1, 0.15) is 39.8 Å². The summed E-state index contributed by atoms with van der Waals surface area (Å²) in [6, 6.07) is 14.3. The van der Waals surface area contributed by atoms with E-state index in [1.54, 1.807) is 0 Å². The van der Waals surface area contributed by atoms with E-state index in [9.17, 15) is 5.11 Å². The SMILES string of the molecule is Cc1cccc(C(CN)C(O)c2ccc(C)c(C)c2)c1. The minimum atomic E-state index is -0.568. The molecule has 106 valence electrons. The Morgan fingerprint density at radius 3 is 2.30 bits per heavy atom. The fourth-order valence-corrected chi connectivity index (χ4v) is 2.53. The van der Waals surface area contributed by atoms with Gasteiger partial charge in [-0.05, 0) is 43.0 Å². The van der Waals surface area contributed by atoms with Crippen molar-refractivity contribution in [1.82, 2.24) is 0 Å². The predicted molar refractivity (Wildman–Crippen MR) is 83.9 cm³/mol. The van der Waals surface area contributed by atoms with E-state index in [0.717, 1.165) is 11.1 Å². The van der Waals surface area contributed by atoms with Crippen molar-refractivity contribution < 1.29 is 5.11 Å². The second-order valence-electron chi connectivity index (χ2n) is 5.54. The van der Waals surface area contributed by atoms with Crippen LogP contribution in [0.4, 0.5) is 0 Å². The molecule has 0 saturated heterocycles. The molecule has 2 aromatic rings. The average Bonchev–Trinajstić information content (AvgIpc) is 2.42. The normalized spacial score (nSPS) is 14.1. The van der Waals surface area contributed by atoms with Crippen LogP contribution >= 0.6 is 0 Å². The number of benzene rings is 2. The summed E-state index contributed by atoms with van der Waals surface area (Å²) in [5.41, 5.74) is 11.6. The van der Waals surface area contributed by atoms with Gasteiger partial charge in [-0.25, -0.2) is 0 Å². The Bertz CT molecular complexity index is 592. The first kappa shape index (κ1) is 14.8. The molecule has 0 saturated carbocycles. The summed E-state index contributed by atoms with van der Waals surface area (Å²) in [5, 5.41) is 10.7. The predicted octanol–water partition coefficient (Wildman–Crippen LogP) is 3.39. The smallest absolute Gasteiger partial charge is 0.0870 e. The molecule has 0 amide bonds. The second kappa shape index (κ2) is 6.21. The molecule has 2 rings (SSSR count). The van der Waals surface area contributed by atoms with Crippen LogP contribution in [0.15, 0.2) is 42.5 Å². The third kappa shape index (κ3) is 3.09. The van der Waals surface area contributed by atoms with Crippen molar-refractivity contribution in [2.24, 2.45) is 5.73 Å². The lowest BCUT2D eigenvalue weighted by molar-refractivity contribution is 0.147. The van der Waals surface area contributed by atoms with Crippen LogP contribution in [0.5, 0.6) is 0 Å². The van der Waals surface area contributed by atoms with Gasteiger partial charge >= 0.3 is 0 Å². The monoisotopic (exact) mass is 269 g/mol. The zero-order chi connectivity index (χ0) is 14.7. The van der Waals surface area contributed by atoms with Gasteiger partial charge in [-0.15, -0.1) is 0 Å². The number of nitrogens with two attached hydrogens (primary N) is 1. The maximum atomic E-state index is 10.7. The van der Waals surface area contributed by atoms with E-state index >= 15 is 0 Å². The van der Waals surface area contributed by atoms with Gasteiger partial charge in [-0.1, -0.05) is 48.0 Å². The Balaban J connectivity index is 2.33. The summed E-state index contributed by atoms with van der Waals surface area (Å²) in [6.07, 6.45) is -0.568. The second-order valence-corrected chi connectivity index (χ2v) is 5.54. The highest BCUT2D eigenvalue weighted by Gasteiger charge is 2.21. The molecule has 2 atom stereocenters. The first-order chi connectivity index (χ1) is 9.52. The molecule has 0 heterocycles. The molecule has 0 aliphatic carbocycles. The van der Waals surface area contributed by atoms with Crippen LogP contribution in [-0.4, -0.2) is 11.7 Å². The molecule has 0 spiro atoms. The van der Waals surface area contributed by atoms with Crippen LogP contribution in [0.2, 0.25) is 0 Å². The minimum Gasteiger partial charge on any atom is -0.388 e. The molecule has 0 radical (unpaired) electrons. The Morgan fingerprint density at radius 1 is 0.950 bits per heavy atom. The Labute approximate surface area is 121 Å². The van der Waals surface area contributed by atoms with Crippen molar-refractivity contribution in [3.63, 3.8) is 0 Å². The van der Waals surface area contributed by atoms with Crippen molar-refractivity contribution >= 4 is 0 Å². The Kier molecular flexibility index (Phi) is 4.58. The molecule has 0 fully saturated rings. The van der Waals surface area contributed by atoms with Gasteiger partial charge in [0.15, 0.2) is 0 Å². The standard InChI is InChI=1S/C18H23NO/c1-12-5-4-6-15(9-12)17(11-19)18(20)16-8-7-13(2)14(3)10-16/h4-10,17-18,20H,11,19H2,1-3H3. The fraction of sp³-hybridized carbons (Fsp3) is 0.333. The first-order valence-corrected chi connectivity index (χ1v) is 7.04. The lowest BCUT2D eigenvalue weighted by Gasteiger charge is -2.23. The van der Waals surface area contributed by atoms with Crippen LogP contribution in [-0.2, 0) is 0 Å². The largest absolute Gasteiger partial charge is 0.388 e. The molecule has 2 heteroatoms. The number of aliphatic hydroxyl groups is 1. The number of aryl methyl sites for hydroxylation is 3. The Hall–Kier alpha value is -1.64. The summed E-state index contributed by atoms with van der Waals surface area (Å²) >= 11 is 0. The van der Waals surface area contributed by atoms with Crippen molar-refractivity contribution in [3.8, 4) is 0 Å². The summed E-state index contributed by atoms with van der Waals surface area (Å²) in [6.45, 7) is 6.62. The highest BCUT2D eigenvalue weighted by Crippen LogP contribution is 2.31. The van der Waals surface area contributed by atoms with Gasteiger partial charge in [0.1, 0.15) is 0 Å². The van der Waals surface area contributed by atoms with Gasteiger partial charge in [0.25, 0.3) is 0 Å². The maximum absolute atomic E-state index is 10.7. The van der Waals surface area contributed by atoms with Crippen molar-refractivity contribution in [2.75, 3.05) is 6.54 Å². The molecule has 20 heavy (non-hydrogen) atoms. The zero-order valence-corrected chi connectivity index (χ0v) is 12.4. The number of aliphatic hydroxyl groups excluding tert-OH is 1. The van der Waals surface area contributed by atoms with Crippen molar-refractivity contribution in [1.29, 1.82) is 0 Å². The zero-order valence-electron chi connectivity index (χ0n) is 12.4. The molecule has 2 nitrogen and oxygen atoms in total. The average molecular weight is 269 g/mol. The molecule has 2 aromatic carbocycles. The van der Waals surface area contributed by atoms with Crippen molar-refractivity contribution in [3.05, 3.63) is 70.3 Å². The minimum absolute atomic E-state index is 0.0722. The van der Waals surface area contributed by atoms with E-state index in [-0.39, 0.29) is 5.92 Å². The third-order valence-corrected chi connectivity index (χ3v) is 3.98. The topological polar surface area (TPSA) is 46.2 Å².